The van der Waals surface area contributed by atoms with Crippen LogP contribution in [0, 0.1) is 0 Å². The van der Waals surface area contributed by atoms with Gasteiger partial charge in [-0.1, -0.05) is 42.5 Å². The van der Waals surface area contributed by atoms with Crippen LogP contribution in [0.1, 0.15) is 32.7 Å². The van der Waals surface area contributed by atoms with Crippen LogP contribution in [0.2, 0.25) is 0 Å². The Morgan fingerprint density at radius 2 is 1.67 bits per heavy atom. The van der Waals surface area contributed by atoms with E-state index in [9.17, 15) is 18.0 Å². The molecule has 5 aromatic rings. The van der Waals surface area contributed by atoms with Gasteiger partial charge in [0.15, 0.2) is 0 Å². The van der Waals surface area contributed by atoms with E-state index < -0.39 is 16.0 Å². The number of fused-ring (bicyclic) bond motifs is 1. The molecule has 46 heavy (non-hydrogen) atoms. The Hall–Kier alpha value is -4.65. The number of furan rings is 1. The molecule has 0 saturated heterocycles. The molecule has 3 heterocycles. The van der Waals surface area contributed by atoms with E-state index in [1.807, 2.05) is 53.9 Å². The van der Waals surface area contributed by atoms with Crippen LogP contribution in [-0.4, -0.2) is 38.3 Å². The number of carbonyl (C=O) groups is 2. The number of sulfonamides is 1. The van der Waals surface area contributed by atoms with Gasteiger partial charge in [-0.15, -0.1) is 11.3 Å². The highest BCUT2D eigenvalue weighted by atomic mass is 79.9. The van der Waals surface area contributed by atoms with E-state index >= 15 is 0 Å². The Bertz CT molecular complexity index is 2060. The molecule has 1 amide bonds. The Kier molecular flexibility index (Phi) is 9.11. The minimum Gasteiger partial charge on any atom is -0.460 e. The summed E-state index contributed by atoms with van der Waals surface area (Å²) in [5.74, 6) is -0.803. The minimum atomic E-state index is -4.12. The van der Waals surface area contributed by atoms with Crippen LogP contribution < -0.4 is 9.21 Å². The van der Waals surface area contributed by atoms with Crippen LogP contribution in [0.25, 0.3) is 11.0 Å². The molecule has 1 aliphatic rings. The van der Waals surface area contributed by atoms with Crippen LogP contribution >= 0.6 is 27.3 Å². The number of amides is 1. The molecule has 0 bridgehead atoms. The van der Waals surface area contributed by atoms with Crippen molar-refractivity contribution in [3.05, 3.63) is 136 Å². The van der Waals surface area contributed by atoms with Crippen molar-refractivity contribution < 1.29 is 27.2 Å². The molecule has 234 valence electrons. The number of benzene rings is 3. The Labute approximate surface area is 278 Å². The zero-order chi connectivity index (χ0) is 32.3. The van der Waals surface area contributed by atoms with E-state index in [1.165, 1.54) is 38.7 Å². The molecule has 0 radical (unpaired) electrons. The topological polar surface area (TPSA) is 100 Å². The Morgan fingerprint density at radius 3 is 2.39 bits per heavy atom. The van der Waals surface area contributed by atoms with Gasteiger partial charge in [0, 0.05) is 41.2 Å². The maximum atomic E-state index is 14.5. The molecule has 0 saturated carbocycles. The van der Waals surface area contributed by atoms with Gasteiger partial charge in [-0.3, -0.25) is 14.0 Å². The first kappa shape index (κ1) is 31.3. The van der Waals surface area contributed by atoms with Gasteiger partial charge in [0.05, 0.1) is 22.9 Å². The lowest BCUT2D eigenvalue weighted by Crippen LogP contribution is -2.34. The zero-order valence-corrected chi connectivity index (χ0v) is 27.8. The zero-order valence-electron chi connectivity index (χ0n) is 24.6. The molecule has 0 atom stereocenters. The lowest BCUT2D eigenvalue weighted by atomic mass is 10.1. The van der Waals surface area contributed by atoms with Gasteiger partial charge in [-0.2, -0.15) is 0 Å². The number of thiophene rings is 1. The molecule has 0 spiro atoms. The van der Waals surface area contributed by atoms with Gasteiger partial charge in [-0.05, 0) is 82.7 Å². The van der Waals surface area contributed by atoms with Crippen molar-refractivity contribution in [1.82, 2.24) is 4.90 Å². The molecule has 0 fully saturated rings. The third-order valence-corrected chi connectivity index (χ3v) is 10.9. The van der Waals surface area contributed by atoms with Gasteiger partial charge in [0.1, 0.15) is 10.5 Å². The highest BCUT2D eigenvalue weighted by Crippen LogP contribution is 2.36. The average Bonchev–Trinajstić information content (AvgIpc) is 3.71. The number of rotatable bonds is 10. The van der Waals surface area contributed by atoms with Crippen LogP contribution in [0.3, 0.4) is 0 Å². The van der Waals surface area contributed by atoms with Gasteiger partial charge >= 0.3 is 5.97 Å². The van der Waals surface area contributed by atoms with Gasteiger partial charge in [0.25, 0.3) is 15.9 Å². The molecule has 2 aromatic heterocycles. The Balaban J connectivity index is 1.36. The van der Waals surface area contributed by atoms with Crippen molar-refractivity contribution in [2.24, 2.45) is 0 Å². The lowest BCUT2D eigenvalue weighted by molar-refractivity contribution is 0.0492. The summed E-state index contributed by atoms with van der Waals surface area (Å²) in [6.45, 7) is 2.04. The van der Waals surface area contributed by atoms with Crippen LogP contribution in [-0.2, 0) is 21.2 Å². The second-order valence-corrected chi connectivity index (χ2v) is 13.8. The highest BCUT2D eigenvalue weighted by Gasteiger charge is 2.29. The van der Waals surface area contributed by atoms with Crippen molar-refractivity contribution in [2.75, 3.05) is 22.4 Å². The monoisotopic (exact) mass is 717 g/mol. The summed E-state index contributed by atoms with van der Waals surface area (Å²) in [6.07, 6.45) is 7.17. The number of hydrogen-bond donors (Lipinski definition) is 0. The first-order valence-electron chi connectivity index (χ1n) is 14.3. The molecule has 6 rings (SSSR count). The molecular formula is C34H28BrN3O6S2. The van der Waals surface area contributed by atoms with E-state index in [0.29, 0.717) is 33.6 Å². The molecule has 0 aliphatic carbocycles. The third kappa shape index (κ3) is 6.37. The number of carbonyl (C=O) groups excluding carboxylic acids is 2. The highest BCUT2D eigenvalue weighted by molar-refractivity contribution is 9.10. The van der Waals surface area contributed by atoms with Crippen molar-refractivity contribution in [1.29, 1.82) is 0 Å². The SMILES string of the molecule is CCOC(=O)c1cc2cc(S(=O)(=O)N(CCc3ccccc3)c3ccccc3N3C=CN(C(=O)c4sccc4Br)C=C3)ccc2o1. The third-order valence-electron chi connectivity index (χ3n) is 7.25. The number of anilines is 2. The number of ether oxygens (including phenoxy) is 1. The van der Waals surface area contributed by atoms with Crippen molar-refractivity contribution in [2.45, 2.75) is 18.2 Å². The molecule has 9 nitrogen and oxygen atoms in total. The standard InChI is InChI=1S/C34H28BrN3O6S2/c1-2-43-34(40)31-23-25-22-26(12-13-30(25)44-31)46(41,42)38(16-14-24-8-4-3-5-9-24)29-11-7-6-10-28(29)36-17-19-37(20-18-36)33(39)32-27(35)15-21-45-32/h3-13,15,17-23H,2,14,16H2,1H3. The summed E-state index contributed by atoms with van der Waals surface area (Å²) in [5, 5.41) is 2.30. The first-order chi connectivity index (χ1) is 22.3. The quantitative estimate of drug-likeness (QED) is 0.136. The summed E-state index contributed by atoms with van der Waals surface area (Å²) >= 11 is 4.76. The van der Waals surface area contributed by atoms with Crippen LogP contribution in [0.5, 0.6) is 0 Å². The summed E-state index contributed by atoms with van der Waals surface area (Å²) in [5.41, 5.74) is 2.41. The Morgan fingerprint density at radius 1 is 0.935 bits per heavy atom. The largest absolute Gasteiger partial charge is 0.460 e. The normalized spacial score (nSPS) is 12.9. The molecule has 0 unspecified atom stereocenters. The number of hydrogen-bond acceptors (Lipinski definition) is 8. The van der Waals surface area contributed by atoms with Gasteiger partial charge < -0.3 is 14.1 Å². The number of para-hydroxylation sites is 2. The maximum Gasteiger partial charge on any atom is 0.374 e. The first-order valence-corrected chi connectivity index (χ1v) is 17.4. The predicted octanol–water partition coefficient (Wildman–Crippen LogP) is 7.78. The fourth-order valence-corrected chi connectivity index (χ4v) is 8.00. The van der Waals surface area contributed by atoms with E-state index in [-0.39, 0.29) is 29.7 Å². The molecule has 3 aromatic carbocycles. The number of halogens is 1. The molecule has 1 aliphatic heterocycles. The van der Waals surface area contributed by atoms with Crippen LogP contribution in [0.4, 0.5) is 11.4 Å². The predicted molar refractivity (Wildman–Crippen MR) is 182 cm³/mol. The summed E-state index contributed by atoms with van der Waals surface area (Å²) < 4.78 is 41.7. The fourth-order valence-electron chi connectivity index (χ4n) is 5.00. The summed E-state index contributed by atoms with van der Waals surface area (Å²) in [7, 11) is -4.12. The fraction of sp³-hybridized carbons (Fsp3) is 0.118. The molecule has 12 heteroatoms. The summed E-state index contributed by atoms with van der Waals surface area (Å²) in [4.78, 5) is 29.2. The van der Waals surface area contributed by atoms with E-state index in [2.05, 4.69) is 15.9 Å². The smallest absolute Gasteiger partial charge is 0.374 e. The van der Waals surface area contributed by atoms with Crippen LogP contribution in [0.15, 0.2) is 129 Å². The van der Waals surface area contributed by atoms with Gasteiger partial charge in [0.2, 0.25) is 5.76 Å². The van der Waals surface area contributed by atoms with E-state index in [0.717, 1.165) is 10.0 Å². The lowest BCUT2D eigenvalue weighted by Gasteiger charge is -2.31. The van der Waals surface area contributed by atoms with Crippen molar-refractivity contribution in [3.8, 4) is 0 Å². The molecule has 0 N–H and O–H groups in total. The van der Waals surface area contributed by atoms with Gasteiger partial charge in [-0.25, -0.2) is 13.2 Å². The van der Waals surface area contributed by atoms with Crippen molar-refractivity contribution in [3.63, 3.8) is 0 Å². The number of esters is 1. The van der Waals surface area contributed by atoms with E-state index in [1.54, 1.807) is 54.8 Å². The van der Waals surface area contributed by atoms with E-state index in [4.69, 9.17) is 9.15 Å². The molecular weight excluding hydrogens is 690 g/mol. The average molecular weight is 719 g/mol. The number of nitrogens with zero attached hydrogens (tertiary/aromatic N) is 3. The summed E-state index contributed by atoms with van der Waals surface area (Å²) in [6, 6.07) is 24.7. The maximum absolute atomic E-state index is 14.5. The second-order valence-electron chi connectivity index (χ2n) is 10.1. The minimum absolute atomic E-state index is 0.000289. The second kappa shape index (κ2) is 13.4. The van der Waals surface area contributed by atoms with Crippen molar-refractivity contribution >= 4 is 71.5 Å².